The Hall–Kier alpha value is -2.80. The molecule has 0 aliphatic carbocycles. The molecule has 1 aromatic heterocycles. The maximum atomic E-state index is 12.3. The summed E-state index contributed by atoms with van der Waals surface area (Å²) in [5.74, 6) is 0. The van der Waals surface area contributed by atoms with Crippen LogP contribution in [0.3, 0.4) is 0 Å². The van der Waals surface area contributed by atoms with Crippen LogP contribution in [-0.4, -0.2) is 18.2 Å². The van der Waals surface area contributed by atoms with Gasteiger partial charge in [0.1, 0.15) is 0 Å². The molecule has 0 spiro atoms. The number of anilines is 2. The first kappa shape index (κ1) is 14.2. The van der Waals surface area contributed by atoms with Crippen LogP contribution >= 0.6 is 0 Å². The fourth-order valence-corrected chi connectivity index (χ4v) is 2.99. The first-order chi connectivity index (χ1) is 10.5. The Balaban J connectivity index is 1.84. The van der Waals surface area contributed by atoms with Crippen molar-refractivity contribution in [1.82, 2.24) is 9.78 Å². The van der Waals surface area contributed by atoms with Gasteiger partial charge in [0.15, 0.2) is 0 Å². The van der Waals surface area contributed by atoms with Crippen LogP contribution in [0.5, 0.6) is 0 Å². The van der Waals surface area contributed by atoms with E-state index in [4.69, 9.17) is 5.73 Å². The van der Waals surface area contributed by atoms with Gasteiger partial charge in [-0.1, -0.05) is 18.2 Å². The van der Waals surface area contributed by atoms with Gasteiger partial charge in [-0.2, -0.15) is 5.10 Å². The van der Waals surface area contributed by atoms with E-state index in [2.05, 4.69) is 9.82 Å². The molecule has 3 aromatic rings. The van der Waals surface area contributed by atoms with Crippen LogP contribution in [0.1, 0.15) is 0 Å². The van der Waals surface area contributed by atoms with Crippen LogP contribution in [0.2, 0.25) is 0 Å². The summed E-state index contributed by atoms with van der Waals surface area (Å²) < 4.78 is 28.6. The van der Waals surface area contributed by atoms with Gasteiger partial charge < -0.3 is 5.73 Å². The number of aromatic nitrogens is 2. The van der Waals surface area contributed by atoms with E-state index in [0.717, 1.165) is 5.69 Å². The van der Waals surface area contributed by atoms with E-state index in [1.165, 1.54) is 18.3 Å². The summed E-state index contributed by atoms with van der Waals surface area (Å²) in [6.45, 7) is 0. The molecule has 0 amide bonds. The second-order valence-corrected chi connectivity index (χ2v) is 6.37. The largest absolute Gasteiger partial charge is 0.399 e. The molecule has 0 aliphatic rings. The predicted octanol–water partition coefficient (Wildman–Crippen LogP) is 2.26. The number of hydrogen-bond acceptors (Lipinski definition) is 4. The van der Waals surface area contributed by atoms with Gasteiger partial charge >= 0.3 is 0 Å². The van der Waals surface area contributed by atoms with Crippen molar-refractivity contribution in [2.45, 2.75) is 4.90 Å². The number of hydrogen-bond donors (Lipinski definition) is 2. The van der Waals surface area contributed by atoms with Gasteiger partial charge in [-0.15, -0.1) is 0 Å². The van der Waals surface area contributed by atoms with Gasteiger partial charge in [-0.3, -0.25) is 4.72 Å². The third kappa shape index (κ3) is 2.94. The Morgan fingerprint density at radius 2 is 1.68 bits per heavy atom. The SMILES string of the molecule is Nc1ccc(S(=O)(=O)Nc2cnn(-c3ccccc3)c2)cc1. The number of nitrogen functional groups attached to an aromatic ring is 1. The molecular formula is C15H14N4O2S. The van der Waals surface area contributed by atoms with Crippen molar-refractivity contribution in [2.75, 3.05) is 10.5 Å². The highest BCUT2D eigenvalue weighted by atomic mass is 32.2. The van der Waals surface area contributed by atoms with Crippen molar-refractivity contribution < 1.29 is 8.42 Å². The topological polar surface area (TPSA) is 90.0 Å². The molecule has 0 unspecified atom stereocenters. The molecule has 6 nitrogen and oxygen atoms in total. The summed E-state index contributed by atoms with van der Waals surface area (Å²) in [6, 6.07) is 15.4. The van der Waals surface area contributed by atoms with E-state index in [1.807, 2.05) is 30.3 Å². The number of benzene rings is 2. The zero-order chi connectivity index (χ0) is 15.6. The molecule has 7 heteroatoms. The highest BCUT2D eigenvalue weighted by Gasteiger charge is 2.15. The monoisotopic (exact) mass is 314 g/mol. The van der Waals surface area contributed by atoms with Crippen LogP contribution in [0, 0.1) is 0 Å². The van der Waals surface area contributed by atoms with Gasteiger partial charge in [0.2, 0.25) is 0 Å². The zero-order valence-electron chi connectivity index (χ0n) is 11.5. The van der Waals surface area contributed by atoms with Crippen LogP contribution in [0.4, 0.5) is 11.4 Å². The van der Waals surface area contributed by atoms with E-state index in [9.17, 15) is 8.42 Å². The van der Waals surface area contributed by atoms with Crippen LogP contribution < -0.4 is 10.5 Å². The number of para-hydroxylation sites is 1. The van der Waals surface area contributed by atoms with Crippen molar-refractivity contribution in [3.8, 4) is 5.69 Å². The molecule has 22 heavy (non-hydrogen) atoms. The Morgan fingerprint density at radius 1 is 1.00 bits per heavy atom. The number of nitrogens with one attached hydrogen (secondary N) is 1. The third-order valence-electron chi connectivity index (χ3n) is 3.05. The van der Waals surface area contributed by atoms with Crippen LogP contribution in [0.15, 0.2) is 71.9 Å². The summed E-state index contributed by atoms with van der Waals surface area (Å²) >= 11 is 0. The number of nitrogens with zero attached hydrogens (tertiary/aromatic N) is 2. The quantitative estimate of drug-likeness (QED) is 0.723. The molecular weight excluding hydrogens is 300 g/mol. The number of nitrogens with two attached hydrogens (primary N) is 1. The number of sulfonamides is 1. The lowest BCUT2D eigenvalue weighted by molar-refractivity contribution is 0.601. The van der Waals surface area contributed by atoms with E-state index in [-0.39, 0.29) is 4.90 Å². The Labute approximate surface area is 128 Å². The fourth-order valence-electron chi connectivity index (χ4n) is 1.96. The minimum atomic E-state index is -3.66. The van der Waals surface area contributed by atoms with Gasteiger partial charge in [-0.25, -0.2) is 13.1 Å². The summed E-state index contributed by atoms with van der Waals surface area (Å²) in [5, 5.41) is 4.15. The molecule has 0 saturated carbocycles. The summed E-state index contributed by atoms with van der Waals surface area (Å²) in [4.78, 5) is 0.147. The Kier molecular flexibility index (Phi) is 3.56. The molecule has 0 radical (unpaired) electrons. The minimum absolute atomic E-state index is 0.147. The van der Waals surface area contributed by atoms with Crippen LogP contribution in [0.25, 0.3) is 5.69 Å². The van der Waals surface area contributed by atoms with E-state index in [1.54, 1.807) is 23.0 Å². The molecule has 0 atom stereocenters. The minimum Gasteiger partial charge on any atom is -0.399 e. The summed E-state index contributed by atoms with van der Waals surface area (Å²) in [6.07, 6.45) is 3.08. The Bertz CT molecular complexity index is 871. The second kappa shape index (κ2) is 5.53. The lowest BCUT2D eigenvalue weighted by Gasteiger charge is -2.06. The van der Waals surface area contributed by atoms with E-state index < -0.39 is 10.0 Å². The average Bonchev–Trinajstić information content (AvgIpc) is 2.96. The maximum absolute atomic E-state index is 12.3. The molecule has 2 aromatic carbocycles. The lowest BCUT2D eigenvalue weighted by atomic mass is 10.3. The highest BCUT2D eigenvalue weighted by molar-refractivity contribution is 7.92. The zero-order valence-corrected chi connectivity index (χ0v) is 12.4. The molecule has 112 valence electrons. The molecule has 0 fully saturated rings. The lowest BCUT2D eigenvalue weighted by Crippen LogP contribution is -2.12. The van der Waals surface area contributed by atoms with Gasteiger partial charge in [0.05, 0.1) is 28.7 Å². The number of rotatable bonds is 4. The normalized spacial score (nSPS) is 11.3. The first-order valence-electron chi connectivity index (χ1n) is 6.53. The molecule has 3 N–H and O–H groups in total. The van der Waals surface area contributed by atoms with Gasteiger partial charge in [0.25, 0.3) is 10.0 Å². The van der Waals surface area contributed by atoms with Crippen molar-refractivity contribution in [2.24, 2.45) is 0 Å². The van der Waals surface area contributed by atoms with Crippen molar-refractivity contribution in [3.63, 3.8) is 0 Å². The van der Waals surface area contributed by atoms with Crippen LogP contribution in [-0.2, 0) is 10.0 Å². The Morgan fingerprint density at radius 3 is 2.36 bits per heavy atom. The predicted molar refractivity (Wildman–Crippen MR) is 85.2 cm³/mol. The molecule has 0 saturated heterocycles. The van der Waals surface area contributed by atoms with E-state index in [0.29, 0.717) is 11.4 Å². The summed E-state index contributed by atoms with van der Waals surface area (Å²) in [5.41, 5.74) is 7.31. The first-order valence-corrected chi connectivity index (χ1v) is 8.01. The third-order valence-corrected chi connectivity index (χ3v) is 4.44. The van der Waals surface area contributed by atoms with Gasteiger partial charge in [0, 0.05) is 5.69 Å². The summed E-state index contributed by atoms with van der Waals surface area (Å²) in [7, 11) is -3.66. The fraction of sp³-hybridized carbons (Fsp3) is 0. The molecule has 0 bridgehead atoms. The standard InChI is InChI=1S/C15H14N4O2S/c16-12-6-8-15(9-7-12)22(20,21)18-13-10-17-19(11-13)14-4-2-1-3-5-14/h1-11,18H,16H2. The molecule has 1 heterocycles. The smallest absolute Gasteiger partial charge is 0.261 e. The average molecular weight is 314 g/mol. The van der Waals surface area contributed by atoms with Gasteiger partial charge in [-0.05, 0) is 36.4 Å². The molecule has 0 aliphatic heterocycles. The van der Waals surface area contributed by atoms with Crippen molar-refractivity contribution in [1.29, 1.82) is 0 Å². The van der Waals surface area contributed by atoms with Crippen molar-refractivity contribution >= 4 is 21.4 Å². The molecule has 3 rings (SSSR count). The van der Waals surface area contributed by atoms with E-state index >= 15 is 0 Å². The maximum Gasteiger partial charge on any atom is 0.261 e. The van der Waals surface area contributed by atoms with Crippen molar-refractivity contribution in [3.05, 3.63) is 67.0 Å². The highest BCUT2D eigenvalue weighted by Crippen LogP contribution is 2.18. The second-order valence-electron chi connectivity index (χ2n) is 4.68.